The van der Waals surface area contributed by atoms with Crippen LogP contribution in [-0.4, -0.2) is 5.11 Å². The maximum absolute atomic E-state index is 9.53. The summed E-state index contributed by atoms with van der Waals surface area (Å²) in [6.07, 6.45) is 0. The lowest BCUT2D eigenvalue weighted by molar-refractivity contribution is 0.252. The van der Waals surface area contributed by atoms with Gasteiger partial charge in [0.15, 0.2) is 11.5 Å². The third-order valence-electron chi connectivity index (χ3n) is 4.05. The highest BCUT2D eigenvalue weighted by atomic mass is 16.5. The van der Waals surface area contributed by atoms with Crippen LogP contribution in [0, 0.1) is 6.92 Å². The minimum atomic E-state index is -0.0213. The molecule has 0 spiro atoms. The normalized spacial score (nSPS) is 10.5. The average molecular weight is 334 g/mol. The molecular weight excluding hydrogens is 312 g/mol. The largest absolute Gasteiger partial charge is 0.485 e. The third kappa shape index (κ3) is 4.61. The van der Waals surface area contributed by atoms with Crippen LogP contribution in [0.4, 0.5) is 0 Å². The van der Waals surface area contributed by atoms with Gasteiger partial charge in [-0.1, -0.05) is 60.7 Å². The second kappa shape index (κ2) is 8.36. The van der Waals surface area contributed by atoms with Crippen LogP contribution in [0.3, 0.4) is 0 Å². The lowest BCUT2D eigenvalue weighted by atomic mass is 10.1. The Morgan fingerprint density at radius 3 is 1.68 bits per heavy atom. The molecule has 0 heterocycles. The van der Waals surface area contributed by atoms with E-state index in [4.69, 9.17) is 9.47 Å². The number of aryl methyl sites for hydroxylation is 1. The molecule has 3 nitrogen and oxygen atoms in total. The molecule has 3 rings (SSSR count). The van der Waals surface area contributed by atoms with Crippen molar-refractivity contribution in [2.24, 2.45) is 0 Å². The van der Waals surface area contributed by atoms with E-state index in [2.05, 4.69) is 0 Å². The van der Waals surface area contributed by atoms with E-state index in [0.29, 0.717) is 24.7 Å². The molecule has 25 heavy (non-hydrogen) atoms. The maximum Gasteiger partial charge on any atom is 0.162 e. The summed E-state index contributed by atoms with van der Waals surface area (Å²) < 4.78 is 12.0. The molecule has 0 aromatic heterocycles. The molecule has 3 heteroatoms. The first-order chi connectivity index (χ1) is 12.3. The SMILES string of the molecule is Cc1cc(OCc2ccccc2)c(OCc2ccccc2)cc1CO. The summed E-state index contributed by atoms with van der Waals surface area (Å²) in [5.41, 5.74) is 4.01. The van der Waals surface area contributed by atoms with Crippen molar-refractivity contribution < 1.29 is 14.6 Å². The third-order valence-corrected chi connectivity index (χ3v) is 4.05. The number of hydrogen-bond acceptors (Lipinski definition) is 3. The zero-order chi connectivity index (χ0) is 17.5. The molecular formula is C22H22O3. The molecule has 0 saturated heterocycles. The van der Waals surface area contributed by atoms with Gasteiger partial charge >= 0.3 is 0 Å². The molecule has 0 aliphatic rings. The minimum absolute atomic E-state index is 0.0213. The summed E-state index contributed by atoms with van der Waals surface area (Å²) in [6, 6.07) is 23.8. The van der Waals surface area contributed by atoms with E-state index in [0.717, 1.165) is 22.3 Å². The molecule has 0 aliphatic carbocycles. The van der Waals surface area contributed by atoms with Crippen LogP contribution >= 0.6 is 0 Å². The molecule has 0 bridgehead atoms. The van der Waals surface area contributed by atoms with E-state index in [9.17, 15) is 5.11 Å². The van der Waals surface area contributed by atoms with E-state index >= 15 is 0 Å². The van der Waals surface area contributed by atoms with Crippen LogP contribution in [-0.2, 0) is 19.8 Å². The van der Waals surface area contributed by atoms with E-state index in [1.165, 1.54) is 0 Å². The van der Waals surface area contributed by atoms with Gasteiger partial charge in [-0.15, -0.1) is 0 Å². The molecule has 3 aromatic rings. The molecule has 0 atom stereocenters. The fourth-order valence-corrected chi connectivity index (χ4v) is 2.57. The van der Waals surface area contributed by atoms with Crippen molar-refractivity contribution in [3.8, 4) is 11.5 Å². The number of aliphatic hydroxyl groups is 1. The van der Waals surface area contributed by atoms with Crippen molar-refractivity contribution in [3.63, 3.8) is 0 Å². The smallest absolute Gasteiger partial charge is 0.162 e. The molecule has 0 amide bonds. The van der Waals surface area contributed by atoms with E-state index < -0.39 is 0 Å². The summed E-state index contributed by atoms with van der Waals surface area (Å²) in [7, 11) is 0. The van der Waals surface area contributed by atoms with Gasteiger partial charge in [-0.25, -0.2) is 0 Å². The second-order valence-corrected chi connectivity index (χ2v) is 5.93. The molecule has 128 valence electrons. The fraction of sp³-hybridized carbons (Fsp3) is 0.182. The molecule has 0 radical (unpaired) electrons. The molecule has 0 unspecified atom stereocenters. The standard InChI is InChI=1S/C22H22O3/c1-17-12-21(24-15-18-8-4-2-5-9-18)22(13-20(17)14-23)25-16-19-10-6-3-7-11-19/h2-13,23H,14-16H2,1H3. The van der Waals surface area contributed by atoms with Crippen LogP contribution in [0.25, 0.3) is 0 Å². The van der Waals surface area contributed by atoms with Crippen molar-refractivity contribution in [1.82, 2.24) is 0 Å². The van der Waals surface area contributed by atoms with E-state index in [-0.39, 0.29) is 6.61 Å². The van der Waals surface area contributed by atoms with Crippen LogP contribution in [0.2, 0.25) is 0 Å². The topological polar surface area (TPSA) is 38.7 Å². The Hall–Kier alpha value is -2.78. The lowest BCUT2D eigenvalue weighted by Crippen LogP contribution is -2.02. The van der Waals surface area contributed by atoms with Gasteiger partial charge in [0.05, 0.1) is 6.61 Å². The lowest BCUT2D eigenvalue weighted by Gasteiger charge is -2.16. The van der Waals surface area contributed by atoms with Crippen LogP contribution in [0.15, 0.2) is 72.8 Å². The molecule has 3 aromatic carbocycles. The average Bonchev–Trinajstić information content (AvgIpc) is 2.67. The van der Waals surface area contributed by atoms with Gasteiger partial charge in [0.2, 0.25) is 0 Å². The number of ether oxygens (including phenoxy) is 2. The fourth-order valence-electron chi connectivity index (χ4n) is 2.57. The van der Waals surface area contributed by atoms with Crippen LogP contribution in [0.1, 0.15) is 22.3 Å². The Labute approximate surface area is 148 Å². The zero-order valence-corrected chi connectivity index (χ0v) is 14.3. The van der Waals surface area contributed by atoms with Gasteiger partial charge < -0.3 is 14.6 Å². The number of benzene rings is 3. The Kier molecular flexibility index (Phi) is 5.70. The van der Waals surface area contributed by atoms with Gasteiger partial charge in [-0.2, -0.15) is 0 Å². The highest BCUT2D eigenvalue weighted by Crippen LogP contribution is 2.32. The van der Waals surface area contributed by atoms with Gasteiger partial charge in [-0.05, 0) is 41.3 Å². The van der Waals surface area contributed by atoms with Crippen molar-refractivity contribution in [2.75, 3.05) is 0 Å². The predicted molar refractivity (Wildman–Crippen MR) is 98.6 cm³/mol. The van der Waals surface area contributed by atoms with Crippen molar-refractivity contribution >= 4 is 0 Å². The first-order valence-electron chi connectivity index (χ1n) is 8.34. The Morgan fingerprint density at radius 2 is 1.20 bits per heavy atom. The highest BCUT2D eigenvalue weighted by molar-refractivity contribution is 5.47. The van der Waals surface area contributed by atoms with Gasteiger partial charge in [0.1, 0.15) is 13.2 Å². The first kappa shape index (κ1) is 17.1. The van der Waals surface area contributed by atoms with E-state index in [1.54, 1.807) is 0 Å². The number of hydrogen-bond donors (Lipinski definition) is 1. The Balaban J connectivity index is 1.78. The molecule has 1 N–H and O–H groups in total. The van der Waals surface area contributed by atoms with Gasteiger partial charge in [-0.3, -0.25) is 0 Å². The summed E-state index contributed by atoms with van der Waals surface area (Å²) >= 11 is 0. The molecule has 0 aliphatic heterocycles. The minimum Gasteiger partial charge on any atom is -0.485 e. The second-order valence-electron chi connectivity index (χ2n) is 5.93. The monoisotopic (exact) mass is 334 g/mol. The first-order valence-corrected chi connectivity index (χ1v) is 8.34. The number of aliphatic hydroxyl groups excluding tert-OH is 1. The van der Waals surface area contributed by atoms with Gasteiger partial charge in [0.25, 0.3) is 0 Å². The van der Waals surface area contributed by atoms with Crippen LogP contribution in [0.5, 0.6) is 11.5 Å². The summed E-state index contributed by atoms with van der Waals surface area (Å²) in [5, 5.41) is 9.53. The van der Waals surface area contributed by atoms with Crippen LogP contribution < -0.4 is 9.47 Å². The predicted octanol–water partition coefficient (Wildman–Crippen LogP) is 4.65. The molecule has 0 saturated carbocycles. The number of rotatable bonds is 7. The summed E-state index contributed by atoms with van der Waals surface area (Å²) in [6.45, 7) is 2.87. The Bertz CT molecular complexity index is 798. The Morgan fingerprint density at radius 1 is 0.720 bits per heavy atom. The highest BCUT2D eigenvalue weighted by Gasteiger charge is 2.10. The summed E-state index contributed by atoms with van der Waals surface area (Å²) in [4.78, 5) is 0. The molecule has 0 fully saturated rings. The van der Waals surface area contributed by atoms with Crippen molar-refractivity contribution in [3.05, 3.63) is 95.1 Å². The zero-order valence-electron chi connectivity index (χ0n) is 14.3. The summed E-state index contributed by atoms with van der Waals surface area (Å²) in [5.74, 6) is 1.34. The maximum atomic E-state index is 9.53. The van der Waals surface area contributed by atoms with E-state index in [1.807, 2.05) is 79.7 Å². The van der Waals surface area contributed by atoms with Crippen molar-refractivity contribution in [1.29, 1.82) is 0 Å². The quantitative estimate of drug-likeness (QED) is 0.684. The van der Waals surface area contributed by atoms with Crippen molar-refractivity contribution in [2.45, 2.75) is 26.7 Å². The van der Waals surface area contributed by atoms with Gasteiger partial charge in [0, 0.05) is 0 Å².